The minimum atomic E-state index is -0.985. The van der Waals surface area contributed by atoms with E-state index < -0.39 is 47.8 Å². The Balaban J connectivity index is -0.00000130. The zero-order valence-corrected chi connectivity index (χ0v) is 26.2. The zero-order valence-electron chi connectivity index (χ0n) is 22.2. The van der Waals surface area contributed by atoms with Crippen LogP contribution in [0.25, 0.3) is 0 Å². The Morgan fingerprint density at radius 3 is 1.93 bits per heavy atom. The number of fused-ring (bicyclic) bond motifs is 1. The smallest absolute Gasteiger partial charge is 0.323 e. The maximum Gasteiger partial charge on any atom is 0.323 e. The molecule has 0 amide bonds. The molecule has 1 aliphatic heterocycles. The second-order valence-corrected chi connectivity index (χ2v) is 8.63. The lowest BCUT2D eigenvalue weighted by Gasteiger charge is -2.36. The number of aromatic amines is 1. The van der Waals surface area contributed by atoms with Crippen molar-refractivity contribution >= 4 is 91.4 Å². The Bertz CT molecular complexity index is 918. The second-order valence-electron chi connectivity index (χ2n) is 8.63. The van der Waals surface area contributed by atoms with E-state index in [9.17, 15) is 14.4 Å². The fourth-order valence-electron chi connectivity index (χ4n) is 3.71. The largest absolute Gasteiger partial charge is 0.457 e. The van der Waals surface area contributed by atoms with E-state index >= 15 is 0 Å². The molecule has 5 unspecified atom stereocenters. The van der Waals surface area contributed by atoms with Crippen molar-refractivity contribution in [2.75, 3.05) is 36.0 Å². The Kier molecular flexibility index (Phi) is 26.3. The van der Waals surface area contributed by atoms with Crippen LogP contribution in [-0.4, -0.2) is 71.9 Å². The molecule has 238 valence electrons. The van der Waals surface area contributed by atoms with Gasteiger partial charge < -0.3 is 48.8 Å². The number of anilines is 3. The molecule has 2 heterocycles. The normalized spacial score (nSPS) is 16.0. The molecule has 14 nitrogen and oxygen atoms in total. The van der Waals surface area contributed by atoms with Gasteiger partial charge in [0.05, 0.1) is 6.04 Å². The summed E-state index contributed by atoms with van der Waals surface area (Å²) in [7, 11) is 0. The van der Waals surface area contributed by atoms with Gasteiger partial charge in [-0.05, 0) is 45.7 Å². The lowest BCUT2D eigenvalue weighted by atomic mass is 10.0. The first-order valence-corrected chi connectivity index (χ1v) is 11.9. The van der Waals surface area contributed by atoms with Gasteiger partial charge >= 0.3 is 11.9 Å². The highest BCUT2D eigenvalue weighted by Gasteiger charge is 2.37. The van der Waals surface area contributed by atoms with Crippen LogP contribution in [0.2, 0.25) is 0 Å². The number of carbonyl (C=O) groups excluding carboxylic acids is 2. The highest BCUT2D eigenvalue weighted by molar-refractivity contribution is 5.86. The Hall–Kier alpha value is -1.49. The van der Waals surface area contributed by atoms with E-state index in [2.05, 4.69) is 20.6 Å². The molecule has 0 bridgehead atoms. The summed E-state index contributed by atoms with van der Waals surface area (Å²) in [6.45, 7) is 2.79. The maximum atomic E-state index is 12.7. The Morgan fingerprint density at radius 1 is 0.925 bits per heavy atom. The fraction of sp³-hybridized carbons (Fsp3) is 0.714. The second kappa shape index (κ2) is 23.1. The van der Waals surface area contributed by atoms with E-state index in [0.717, 1.165) is 12.8 Å². The van der Waals surface area contributed by atoms with Crippen LogP contribution < -0.4 is 44.9 Å². The number of nitrogen functional groups attached to an aromatic ring is 1. The van der Waals surface area contributed by atoms with Gasteiger partial charge in [0.25, 0.3) is 5.56 Å². The van der Waals surface area contributed by atoms with Gasteiger partial charge in [0.15, 0.2) is 11.9 Å². The van der Waals surface area contributed by atoms with E-state index in [1.807, 2.05) is 0 Å². The van der Waals surface area contributed by atoms with Gasteiger partial charge in [-0.2, -0.15) is 4.98 Å². The summed E-state index contributed by atoms with van der Waals surface area (Å²) in [4.78, 5) is 44.1. The number of carbonyl (C=O) groups is 2. The molecule has 13 N–H and O–H groups in total. The molecule has 19 heteroatoms. The minimum Gasteiger partial charge on any atom is -0.457 e. The molecule has 1 aromatic rings. The highest BCUT2D eigenvalue weighted by atomic mass is 35.5. The van der Waals surface area contributed by atoms with E-state index in [1.54, 1.807) is 6.92 Å². The van der Waals surface area contributed by atoms with Gasteiger partial charge in [-0.3, -0.25) is 19.4 Å². The summed E-state index contributed by atoms with van der Waals surface area (Å²) in [5, 5.41) is 6.02. The summed E-state index contributed by atoms with van der Waals surface area (Å²) in [6.07, 6.45) is 1.74. The van der Waals surface area contributed by atoms with Crippen LogP contribution in [0.15, 0.2) is 4.79 Å². The number of nitrogens with one attached hydrogen (secondary N) is 3. The summed E-state index contributed by atoms with van der Waals surface area (Å²) in [6, 6.07) is -2.36. The molecule has 0 radical (unpaired) electrons. The van der Waals surface area contributed by atoms with Crippen molar-refractivity contribution in [2.45, 2.75) is 75.8 Å². The van der Waals surface area contributed by atoms with Crippen LogP contribution in [0.5, 0.6) is 0 Å². The number of esters is 2. The Labute approximate surface area is 264 Å². The average Bonchev–Trinajstić information content (AvgIpc) is 2.82. The first-order chi connectivity index (χ1) is 16.7. The molecule has 0 spiro atoms. The van der Waals surface area contributed by atoms with Crippen molar-refractivity contribution in [3.8, 4) is 0 Å². The van der Waals surface area contributed by atoms with Gasteiger partial charge in [0.1, 0.15) is 23.9 Å². The summed E-state index contributed by atoms with van der Waals surface area (Å²) in [5.74, 6) is -1.06. The number of rotatable bonds is 14. The van der Waals surface area contributed by atoms with Crippen molar-refractivity contribution in [2.24, 2.45) is 22.9 Å². The van der Waals surface area contributed by atoms with E-state index in [4.69, 9.17) is 38.1 Å². The summed E-state index contributed by atoms with van der Waals surface area (Å²) < 4.78 is 11.3. The van der Waals surface area contributed by atoms with E-state index in [0.29, 0.717) is 38.8 Å². The highest BCUT2D eigenvalue weighted by Crippen LogP contribution is 2.24. The average molecular weight is 680 g/mol. The third-order valence-corrected chi connectivity index (χ3v) is 5.71. The lowest BCUT2D eigenvalue weighted by molar-refractivity contribution is -0.169. The number of hydrogen-bond donors (Lipinski definition) is 8. The first kappa shape index (κ1) is 45.5. The number of ether oxygens (including phenoxy) is 2. The molecule has 1 aliphatic rings. The molecular weight excluding hydrogens is 636 g/mol. The van der Waals surface area contributed by atoms with Crippen LogP contribution in [0.3, 0.4) is 0 Å². The first-order valence-electron chi connectivity index (χ1n) is 11.9. The number of halogens is 5. The third-order valence-electron chi connectivity index (χ3n) is 5.71. The van der Waals surface area contributed by atoms with Crippen LogP contribution in [0.1, 0.15) is 45.4 Å². The molecule has 1 aromatic heterocycles. The van der Waals surface area contributed by atoms with Crippen LogP contribution in [0, 0.1) is 0 Å². The maximum absolute atomic E-state index is 12.7. The molecular formula is C21H44Cl5N9O5. The molecule has 0 saturated heterocycles. The van der Waals surface area contributed by atoms with Crippen molar-refractivity contribution in [1.29, 1.82) is 0 Å². The van der Waals surface area contributed by atoms with Crippen molar-refractivity contribution in [3.63, 3.8) is 0 Å². The van der Waals surface area contributed by atoms with Gasteiger partial charge in [-0.25, -0.2) is 0 Å². The van der Waals surface area contributed by atoms with Crippen LogP contribution in [-0.2, 0) is 19.1 Å². The molecule has 0 saturated carbocycles. The standard InChI is InChI=1S/C21H39N9O5.5ClH/c1-11(34-19(32)12(24)6-2-4-8-22)16(35-20(33)13(25)7-3-5-9-23)14-10-27-17-15(28-14)18(31)30-21(26)29-17;;;;;/h11-14,16,28H,2-10,22-25H2,1H3,(H4,26,27,29,30,31);5*1H. The molecule has 2 rings (SSSR count). The summed E-state index contributed by atoms with van der Waals surface area (Å²) in [5.41, 5.74) is 28.2. The lowest BCUT2D eigenvalue weighted by Crippen LogP contribution is -2.53. The number of hydrogen-bond acceptors (Lipinski definition) is 13. The van der Waals surface area contributed by atoms with Crippen LogP contribution >= 0.6 is 62.0 Å². The van der Waals surface area contributed by atoms with Crippen LogP contribution in [0.4, 0.5) is 17.5 Å². The minimum absolute atomic E-state index is 0. The SMILES string of the molecule is CC(OC(=O)C(N)CCCCN)C(OC(=O)C(N)CCCCN)C1CNc2nc(N)[nH]c(=O)c2N1.Cl.Cl.Cl.Cl.Cl. The van der Waals surface area contributed by atoms with Gasteiger partial charge in [0.2, 0.25) is 5.95 Å². The van der Waals surface area contributed by atoms with E-state index in [1.165, 1.54) is 0 Å². The monoisotopic (exact) mass is 677 g/mol. The van der Waals surface area contributed by atoms with Crippen molar-refractivity contribution in [1.82, 2.24) is 9.97 Å². The quantitative estimate of drug-likeness (QED) is 0.0982. The predicted octanol–water partition coefficient (Wildman–Crippen LogP) is 0.423. The number of nitrogens with zero attached hydrogens (tertiary/aromatic N) is 1. The predicted molar refractivity (Wildman–Crippen MR) is 169 cm³/mol. The Morgan fingerprint density at radius 2 is 1.43 bits per heavy atom. The number of aromatic nitrogens is 2. The molecule has 5 atom stereocenters. The molecule has 0 aromatic carbocycles. The van der Waals surface area contributed by atoms with Gasteiger partial charge in [0, 0.05) is 6.54 Å². The summed E-state index contributed by atoms with van der Waals surface area (Å²) >= 11 is 0. The number of nitrogens with two attached hydrogens (primary N) is 5. The van der Waals surface area contributed by atoms with Crippen molar-refractivity contribution < 1.29 is 19.1 Å². The van der Waals surface area contributed by atoms with E-state index in [-0.39, 0.29) is 86.0 Å². The molecule has 0 fully saturated rings. The molecule has 40 heavy (non-hydrogen) atoms. The molecule has 0 aliphatic carbocycles. The van der Waals surface area contributed by atoms with Crippen molar-refractivity contribution in [3.05, 3.63) is 10.4 Å². The topological polar surface area (TPSA) is 253 Å². The van der Waals surface area contributed by atoms with Gasteiger partial charge in [-0.15, -0.1) is 62.0 Å². The number of H-pyrrole nitrogens is 1. The fourth-order valence-corrected chi connectivity index (χ4v) is 3.71. The van der Waals surface area contributed by atoms with Gasteiger partial charge in [-0.1, -0.05) is 12.8 Å². The third kappa shape index (κ3) is 13.9. The number of unbranched alkanes of at least 4 members (excludes halogenated alkanes) is 2. The zero-order chi connectivity index (χ0) is 26.0.